The average molecular weight is 211 g/mol. The van der Waals surface area contributed by atoms with Gasteiger partial charge in [-0.1, -0.05) is 0 Å². The van der Waals surface area contributed by atoms with Crippen molar-refractivity contribution in [2.24, 2.45) is 5.92 Å². The van der Waals surface area contributed by atoms with Crippen molar-refractivity contribution in [1.29, 1.82) is 0 Å². The Hall–Kier alpha value is -0.940. The van der Waals surface area contributed by atoms with Gasteiger partial charge >= 0.3 is 0 Å². The van der Waals surface area contributed by atoms with E-state index < -0.39 is 12.1 Å². The fourth-order valence-electron chi connectivity index (χ4n) is 2.87. The number of rotatable bonds is 1. The van der Waals surface area contributed by atoms with Crippen molar-refractivity contribution in [3.05, 3.63) is 0 Å². The van der Waals surface area contributed by atoms with Crippen molar-refractivity contribution < 1.29 is 19.4 Å². The van der Waals surface area contributed by atoms with Crippen LogP contribution in [-0.4, -0.2) is 46.7 Å². The molecule has 15 heavy (non-hydrogen) atoms. The van der Waals surface area contributed by atoms with Gasteiger partial charge in [0.1, 0.15) is 0 Å². The van der Waals surface area contributed by atoms with Crippen LogP contribution in [0.15, 0.2) is 0 Å². The minimum atomic E-state index is -0.580. The van der Waals surface area contributed by atoms with Gasteiger partial charge in [-0.05, 0) is 6.42 Å². The van der Waals surface area contributed by atoms with Crippen LogP contribution in [0.2, 0.25) is 0 Å². The number of imide groups is 1. The molecule has 0 radical (unpaired) electrons. The molecular formula is C10H13NO4. The van der Waals surface area contributed by atoms with Gasteiger partial charge < -0.3 is 9.84 Å². The van der Waals surface area contributed by atoms with Crippen LogP contribution >= 0.6 is 0 Å². The van der Waals surface area contributed by atoms with Crippen LogP contribution in [0.4, 0.5) is 0 Å². The molecule has 3 aliphatic rings. The summed E-state index contributed by atoms with van der Waals surface area (Å²) in [5.41, 5.74) is 0. The van der Waals surface area contributed by atoms with Crippen molar-refractivity contribution in [3.63, 3.8) is 0 Å². The Labute approximate surface area is 87.0 Å². The molecule has 1 aliphatic carbocycles. The third kappa shape index (κ3) is 1.10. The first-order valence-corrected chi connectivity index (χ1v) is 5.34. The molecule has 4 atom stereocenters. The van der Waals surface area contributed by atoms with E-state index in [4.69, 9.17) is 4.74 Å². The molecule has 2 saturated heterocycles. The molecule has 0 bridgehead atoms. The second-order valence-corrected chi connectivity index (χ2v) is 4.43. The topological polar surface area (TPSA) is 66.8 Å². The highest BCUT2D eigenvalue weighted by molar-refractivity contribution is 6.02. The van der Waals surface area contributed by atoms with Crippen LogP contribution in [0.1, 0.15) is 19.3 Å². The lowest BCUT2D eigenvalue weighted by Crippen LogP contribution is -2.66. The molecule has 1 saturated carbocycles. The molecule has 5 nitrogen and oxygen atoms in total. The second-order valence-electron chi connectivity index (χ2n) is 4.43. The molecule has 0 aromatic carbocycles. The van der Waals surface area contributed by atoms with E-state index in [0.29, 0.717) is 6.61 Å². The normalized spacial score (nSPS) is 44.5. The Morgan fingerprint density at radius 3 is 2.60 bits per heavy atom. The van der Waals surface area contributed by atoms with E-state index in [1.807, 2.05) is 0 Å². The standard InChI is InChI=1S/C10H13NO4/c12-6-1-2-7(13)11(6)8-9(14)5-3-4-15-10(5)8/h5,8-10,14H,1-4H2/t5-,8+,9+,10-/m0/s1. The minimum absolute atomic E-state index is 0.119. The van der Waals surface area contributed by atoms with E-state index in [1.54, 1.807) is 0 Å². The predicted molar refractivity (Wildman–Crippen MR) is 48.7 cm³/mol. The van der Waals surface area contributed by atoms with Gasteiger partial charge in [0.15, 0.2) is 0 Å². The van der Waals surface area contributed by atoms with Crippen molar-refractivity contribution in [2.75, 3.05) is 6.61 Å². The summed E-state index contributed by atoms with van der Waals surface area (Å²) in [7, 11) is 0. The van der Waals surface area contributed by atoms with Crippen molar-refractivity contribution >= 4 is 11.8 Å². The van der Waals surface area contributed by atoms with Gasteiger partial charge in [-0.2, -0.15) is 0 Å². The summed E-state index contributed by atoms with van der Waals surface area (Å²) >= 11 is 0. The highest BCUT2D eigenvalue weighted by atomic mass is 16.5. The van der Waals surface area contributed by atoms with Crippen molar-refractivity contribution in [3.8, 4) is 0 Å². The first-order valence-electron chi connectivity index (χ1n) is 5.34. The molecule has 0 spiro atoms. The van der Waals surface area contributed by atoms with Gasteiger partial charge in [0, 0.05) is 25.4 Å². The van der Waals surface area contributed by atoms with Crippen molar-refractivity contribution in [2.45, 2.75) is 37.5 Å². The van der Waals surface area contributed by atoms with Gasteiger partial charge in [0.25, 0.3) is 0 Å². The maximum atomic E-state index is 11.5. The third-order valence-electron chi connectivity index (χ3n) is 3.70. The molecule has 1 N–H and O–H groups in total. The summed E-state index contributed by atoms with van der Waals surface area (Å²) in [4.78, 5) is 24.2. The third-order valence-corrected chi connectivity index (χ3v) is 3.70. The van der Waals surface area contributed by atoms with E-state index in [1.165, 1.54) is 4.90 Å². The molecule has 0 unspecified atom stereocenters. The molecule has 3 fully saturated rings. The van der Waals surface area contributed by atoms with Crippen molar-refractivity contribution in [1.82, 2.24) is 4.90 Å². The minimum Gasteiger partial charge on any atom is -0.390 e. The SMILES string of the molecule is O=C1CCC(=O)N1[C@@H]1[C@H](O)[C@@H]2CCO[C@@H]21. The van der Waals surface area contributed by atoms with Gasteiger partial charge in [-0.3, -0.25) is 14.5 Å². The summed E-state index contributed by atoms with van der Waals surface area (Å²) in [6.45, 7) is 0.624. The largest absolute Gasteiger partial charge is 0.390 e. The first-order chi connectivity index (χ1) is 7.20. The van der Waals surface area contributed by atoms with E-state index in [0.717, 1.165) is 6.42 Å². The molecule has 0 aromatic heterocycles. The molecule has 82 valence electrons. The van der Waals surface area contributed by atoms with E-state index in [-0.39, 0.29) is 36.7 Å². The number of ether oxygens (including phenoxy) is 1. The summed E-state index contributed by atoms with van der Waals surface area (Å²) < 4.78 is 5.44. The summed E-state index contributed by atoms with van der Waals surface area (Å²) in [5.74, 6) is -0.216. The highest BCUT2D eigenvalue weighted by Crippen LogP contribution is 2.43. The summed E-state index contributed by atoms with van der Waals surface area (Å²) in [6, 6.07) is -0.417. The average Bonchev–Trinajstić information content (AvgIpc) is 2.77. The number of amides is 2. The van der Waals surface area contributed by atoms with Gasteiger partial charge in [-0.15, -0.1) is 0 Å². The quantitative estimate of drug-likeness (QED) is 0.581. The zero-order valence-electron chi connectivity index (χ0n) is 8.26. The highest BCUT2D eigenvalue weighted by Gasteiger charge is 2.58. The predicted octanol–water partition coefficient (Wildman–Crippen LogP) is -0.716. The lowest BCUT2D eigenvalue weighted by molar-refractivity contribution is -0.171. The number of nitrogens with zero attached hydrogens (tertiary/aromatic N) is 1. The molecule has 0 aromatic rings. The maximum absolute atomic E-state index is 11.5. The maximum Gasteiger partial charge on any atom is 0.230 e. The molecule has 3 rings (SSSR count). The lowest BCUT2D eigenvalue weighted by atomic mass is 9.73. The number of carbonyl (C=O) groups is 2. The van der Waals surface area contributed by atoms with E-state index in [9.17, 15) is 14.7 Å². The van der Waals surface area contributed by atoms with E-state index >= 15 is 0 Å². The number of aliphatic hydroxyl groups is 1. The Balaban J connectivity index is 1.82. The molecule has 5 heteroatoms. The van der Waals surface area contributed by atoms with Crippen LogP contribution in [0.25, 0.3) is 0 Å². The monoisotopic (exact) mass is 211 g/mol. The van der Waals surface area contributed by atoms with E-state index in [2.05, 4.69) is 0 Å². The summed E-state index contributed by atoms with van der Waals surface area (Å²) in [6.07, 6.45) is 0.687. The number of aliphatic hydroxyl groups excluding tert-OH is 1. The lowest BCUT2D eigenvalue weighted by Gasteiger charge is -2.47. The Morgan fingerprint density at radius 1 is 1.27 bits per heavy atom. The molecule has 2 amide bonds. The Bertz CT molecular complexity index is 313. The number of hydrogen-bond acceptors (Lipinski definition) is 4. The molecule has 2 aliphatic heterocycles. The fourth-order valence-corrected chi connectivity index (χ4v) is 2.87. The van der Waals surface area contributed by atoms with Crippen LogP contribution in [0.5, 0.6) is 0 Å². The molecular weight excluding hydrogens is 198 g/mol. The first kappa shape index (κ1) is 9.30. The van der Waals surface area contributed by atoms with Crippen LogP contribution in [-0.2, 0) is 14.3 Å². The fraction of sp³-hybridized carbons (Fsp3) is 0.800. The zero-order chi connectivity index (χ0) is 10.6. The number of carbonyl (C=O) groups excluding carboxylic acids is 2. The number of hydrogen-bond donors (Lipinski definition) is 1. The van der Waals surface area contributed by atoms with Gasteiger partial charge in [0.05, 0.1) is 18.2 Å². The molecule has 2 heterocycles. The number of likely N-dealkylation sites (tertiary alicyclic amines) is 1. The number of fused-ring (bicyclic) bond motifs is 1. The second kappa shape index (κ2) is 3.02. The zero-order valence-corrected chi connectivity index (χ0v) is 8.26. The van der Waals surface area contributed by atoms with Crippen LogP contribution < -0.4 is 0 Å². The van der Waals surface area contributed by atoms with Crippen LogP contribution in [0, 0.1) is 5.92 Å². The Kier molecular flexibility index (Phi) is 1.87. The summed E-state index contributed by atoms with van der Waals surface area (Å²) in [5, 5.41) is 9.85. The smallest absolute Gasteiger partial charge is 0.230 e. The van der Waals surface area contributed by atoms with Crippen LogP contribution in [0.3, 0.4) is 0 Å². The van der Waals surface area contributed by atoms with Gasteiger partial charge in [-0.25, -0.2) is 0 Å². The Morgan fingerprint density at radius 2 is 1.93 bits per heavy atom. The van der Waals surface area contributed by atoms with Gasteiger partial charge in [0.2, 0.25) is 11.8 Å².